The number of carboxylic acid groups (broad SMARTS) is 1. The highest BCUT2D eigenvalue weighted by Crippen LogP contribution is 2.39. The van der Waals surface area contributed by atoms with Crippen molar-refractivity contribution >= 4 is 11.9 Å². The van der Waals surface area contributed by atoms with Crippen molar-refractivity contribution in [2.24, 2.45) is 0 Å². The largest absolute Gasteiger partial charge is 0.496 e. The Labute approximate surface area is 175 Å². The van der Waals surface area contributed by atoms with Gasteiger partial charge >= 0.3 is 5.97 Å². The van der Waals surface area contributed by atoms with Crippen molar-refractivity contribution in [3.8, 4) is 5.75 Å². The molecule has 1 unspecified atom stereocenters. The second kappa shape index (κ2) is 8.45. The smallest absolute Gasteiger partial charge is 0.328 e. The first kappa shape index (κ1) is 20.4. The molecule has 2 aromatic rings. The van der Waals surface area contributed by atoms with Crippen LogP contribution in [0.4, 0.5) is 0 Å². The monoisotopic (exact) mass is 410 g/mol. The van der Waals surface area contributed by atoms with Gasteiger partial charge in [-0.2, -0.15) is 0 Å². The molecule has 158 valence electrons. The summed E-state index contributed by atoms with van der Waals surface area (Å²) in [6, 6.07) is 16.1. The number of ether oxygens (including phenoxy) is 2. The standard InChI is InChI=1S/C23H26N2O5/c1-29-20-10-6-5-9-18(20)21(26)25-19(22(27)28)16-30-23(25)11-13-24(14-12-23)15-17-7-3-2-4-8-17/h2-10,19H,11-16H2,1H3,(H,27,28). The Hall–Kier alpha value is -2.90. The molecule has 0 aromatic heterocycles. The minimum absolute atomic E-state index is 0.00505. The van der Waals surface area contributed by atoms with Gasteiger partial charge in [-0.25, -0.2) is 4.79 Å². The lowest BCUT2D eigenvalue weighted by molar-refractivity contribution is -0.144. The summed E-state index contributed by atoms with van der Waals surface area (Å²) in [4.78, 5) is 29.1. The van der Waals surface area contributed by atoms with Gasteiger partial charge in [0.15, 0.2) is 6.04 Å². The molecule has 2 saturated heterocycles. The number of carbonyl (C=O) groups excluding carboxylic acids is 1. The van der Waals surface area contributed by atoms with E-state index in [-0.39, 0.29) is 12.5 Å². The number of likely N-dealkylation sites (tertiary alicyclic amines) is 1. The zero-order valence-corrected chi connectivity index (χ0v) is 17.0. The maximum Gasteiger partial charge on any atom is 0.328 e. The molecule has 0 aliphatic carbocycles. The lowest BCUT2D eigenvalue weighted by Gasteiger charge is -2.44. The van der Waals surface area contributed by atoms with Crippen LogP contribution in [0.25, 0.3) is 0 Å². The van der Waals surface area contributed by atoms with E-state index in [0.29, 0.717) is 24.2 Å². The van der Waals surface area contributed by atoms with Crippen LogP contribution in [0.1, 0.15) is 28.8 Å². The molecule has 1 atom stereocenters. The molecular weight excluding hydrogens is 384 g/mol. The average molecular weight is 410 g/mol. The summed E-state index contributed by atoms with van der Waals surface area (Å²) in [6.45, 7) is 2.25. The number of piperidine rings is 1. The molecule has 1 spiro atoms. The molecule has 2 heterocycles. The van der Waals surface area contributed by atoms with Crippen LogP contribution in [0.2, 0.25) is 0 Å². The van der Waals surface area contributed by atoms with Crippen LogP contribution in [-0.2, 0) is 16.1 Å². The Morgan fingerprint density at radius 3 is 2.43 bits per heavy atom. The van der Waals surface area contributed by atoms with Crippen LogP contribution in [0.15, 0.2) is 54.6 Å². The molecule has 7 nitrogen and oxygen atoms in total. The van der Waals surface area contributed by atoms with E-state index in [2.05, 4.69) is 17.0 Å². The third kappa shape index (κ3) is 3.78. The zero-order chi connectivity index (χ0) is 21.1. The minimum Gasteiger partial charge on any atom is -0.496 e. The lowest BCUT2D eigenvalue weighted by Crippen LogP contribution is -2.58. The fourth-order valence-electron chi connectivity index (χ4n) is 4.41. The van der Waals surface area contributed by atoms with Crippen molar-refractivity contribution in [2.45, 2.75) is 31.2 Å². The van der Waals surface area contributed by atoms with Crippen molar-refractivity contribution in [3.63, 3.8) is 0 Å². The highest BCUT2D eigenvalue weighted by molar-refractivity contribution is 5.99. The van der Waals surface area contributed by atoms with Gasteiger partial charge < -0.3 is 14.6 Å². The van der Waals surface area contributed by atoms with Crippen molar-refractivity contribution in [1.29, 1.82) is 0 Å². The number of carboxylic acids is 1. The van der Waals surface area contributed by atoms with Crippen LogP contribution < -0.4 is 4.74 Å². The Morgan fingerprint density at radius 2 is 1.77 bits per heavy atom. The third-order valence-corrected chi connectivity index (χ3v) is 5.99. The second-order valence-corrected chi connectivity index (χ2v) is 7.75. The first-order valence-corrected chi connectivity index (χ1v) is 10.1. The van der Waals surface area contributed by atoms with Crippen molar-refractivity contribution < 1.29 is 24.2 Å². The molecule has 2 fully saturated rings. The normalized spacial score (nSPS) is 21.0. The van der Waals surface area contributed by atoms with Gasteiger partial charge in [-0.1, -0.05) is 42.5 Å². The van der Waals surface area contributed by atoms with Gasteiger partial charge in [0.05, 0.1) is 19.3 Å². The lowest BCUT2D eigenvalue weighted by atomic mass is 9.96. The Balaban J connectivity index is 1.56. The van der Waals surface area contributed by atoms with Gasteiger partial charge in [0.1, 0.15) is 11.5 Å². The molecule has 0 radical (unpaired) electrons. The number of benzene rings is 2. The fraction of sp³-hybridized carbons (Fsp3) is 0.391. The molecule has 1 N–H and O–H groups in total. The van der Waals surface area contributed by atoms with Crippen molar-refractivity contribution in [3.05, 3.63) is 65.7 Å². The van der Waals surface area contributed by atoms with Crippen LogP contribution in [-0.4, -0.2) is 65.4 Å². The van der Waals surface area contributed by atoms with E-state index in [9.17, 15) is 14.7 Å². The van der Waals surface area contributed by atoms with Gasteiger partial charge in [0.2, 0.25) is 0 Å². The number of nitrogens with zero attached hydrogens (tertiary/aromatic N) is 2. The summed E-state index contributed by atoms with van der Waals surface area (Å²) >= 11 is 0. The first-order chi connectivity index (χ1) is 14.5. The maximum absolute atomic E-state index is 13.5. The molecule has 7 heteroatoms. The minimum atomic E-state index is -1.05. The second-order valence-electron chi connectivity index (χ2n) is 7.75. The van der Waals surface area contributed by atoms with E-state index < -0.39 is 17.7 Å². The molecule has 1 amide bonds. The van der Waals surface area contributed by atoms with Gasteiger partial charge in [-0.05, 0) is 17.7 Å². The molecule has 2 aliphatic rings. The first-order valence-electron chi connectivity index (χ1n) is 10.1. The number of para-hydroxylation sites is 1. The van der Waals surface area contributed by atoms with Crippen LogP contribution >= 0.6 is 0 Å². The molecule has 2 aromatic carbocycles. The number of hydrogen-bond donors (Lipinski definition) is 1. The van der Waals surface area contributed by atoms with Gasteiger partial charge in [-0.3, -0.25) is 14.6 Å². The van der Waals surface area contributed by atoms with Gasteiger partial charge in [0.25, 0.3) is 5.91 Å². The predicted molar refractivity (Wildman–Crippen MR) is 110 cm³/mol. The number of aliphatic carboxylic acids is 1. The summed E-state index contributed by atoms with van der Waals surface area (Å²) in [5.41, 5.74) is 0.669. The average Bonchev–Trinajstić information content (AvgIpc) is 3.14. The van der Waals surface area contributed by atoms with Gasteiger partial charge in [0, 0.05) is 32.5 Å². The summed E-state index contributed by atoms with van der Waals surface area (Å²) in [5, 5.41) is 9.75. The quantitative estimate of drug-likeness (QED) is 0.816. The maximum atomic E-state index is 13.5. The Kier molecular flexibility index (Phi) is 5.74. The molecular formula is C23H26N2O5. The highest BCUT2D eigenvalue weighted by atomic mass is 16.5. The molecule has 0 bridgehead atoms. The number of rotatable bonds is 5. The molecule has 0 saturated carbocycles. The van der Waals surface area contributed by atoms with E-state index in [0.717, 1.165) is 19.6 Å². The summed E-state index contributed by atoms with van der Waals surface area (Å²) in [5.74, 6) is -0.995. The number of hydrogen-bond acceptors (Lipinski definition) is 5. The number of carbonyl (C=O) groups is 2. The molecule has 4 rings (SSSR count). The Bertz CT molecular complexity index is 909. The van der Waals surface area contributed by atoms with Crippen molar-refractivity contribution in [2.75, 3.05) is 26.8 Å². The topological polar surface area (TPSA) is 79.3 Å². The van der Waals surface area contributed by atoms with Crippen molar-refractivity contribution in [1.82, 2.24) is 9.80 Å². The zero-order valence-electron chi connectivity index (χ0n) is 17.0. The fourth-order valence-corrected chi connectivity index (χ4v) is 4.41. The Morgan fingerprint density at radius 1 is 1.10 bits per heavy atom. The van der Waals surface area contributed by atoms with Gasteiger partial charge in [-0.15, -0.1) is 0 Å². The molecule has 2 aliphatic heterocycles. The number of amides is 1. The van der Waals surface area contributed by atoms with E-state index in [1.807, 2.05) is 18.2 Å². The summed E-state index contributed by atoms with van der Waals surface area (Å²) in [7, 11) is 1.50. The summed E-state index contributed by atoms with van der Waals surface area (Å²) in [6.07, 6.45) is 1.12. The van der Waals surface area contributed by atoms with E-state index in [4.69, 9.17) is 9.47 Å². The van der Waals surface area contributed by atoms with Crippen LogP contribution in [0.5, 0.6) is 5.75 Å². The SMILES string of the molecule is COc1ccccc1C(=O)N1C(C(=O)O)COC12CCN(Cc1ccccc1)CC2. The molecule has 30 heavy (non-hydrogen) atoms. The van der Waals surface area contributed by atoms with E-state index in [1.165, 1.54) is 17.6 Å². The third-order valence-electron chi connectivity index (χ3n) is 5.99. The van der Waals surface area contributed by atoms with E-state index >= 15 is 0 Å². The summed E-state index contributed by atoms with van der Waals surface area (Å²) < 4.78 is 11.4. The van der Waals surface area contributed by atoms with E-state index in [1.54, 1.807) is 24.3 Å². The van der Waals surface area contributed by atoms with Crippen LogP contribution in [0, 0.1) is 0 Å². The highest BCUT2D eigenvalue weighted by Gasteiger charge is 2.54. The number of methoxy groups -OCH3 is 1. The predicted octanol–water partition coefficient (Wildman–Crippen LogP) is 2.61. The van der Waals surface area contributed by atoms with Crippen LogP contribution in [0.3, 0.4) is 0 Å².